The predicted octanol–water partition coefficient (Wildman–Crippen LogP) is 2.07. The van der Waals surface area contributed by atoms with Gasteiger partial charge in [-0.2, -0.15) is 0 Å². The number of carbonyl (C=O) groups is 1. The molecule has 0 atom stereocenters. The van der Waals surface area contributed by atoms with Crippen molar-refractivity contribution in [3.63, 3.8) is 0 Å². The average Bonchev–Trinajstić information content (AvgIpc) is 2.36. The SMILES string of the molecule is COC(=O)Nc1ccc(CN=C(N)NC(C)(C)C)cc1. The summed E-state index contributed by atoms with van der Waals surface area (Å²) in [6.45, 7) is 6.53. The highest BCUT2D eigenvalue weighted by Crippen LogP contribution is 2.10. The van der Waals surface area contributed by atoms with Gasteiger partial charge in [-0.3, -0.25) is 5.32 Å². The van der Waals surface area contributed by atoms with Gasteiger partial charge in [-0.1, -0.05) is 12.1 Å². The fourth-order valence-corrected chi connectivity index (χ4v) is 1.46. The van der Waals surface area contributed by atoms with Crippen molar-refractivity contribution in [3.05, 3.63) is 29.8 Å². The second-order valence-electron chi connectivity index (χ2n) is 5.39. The van der Waals surface area contributed by atoms with E-state index < -0.39 is 6.09 Å². The third-order valence-corrected chi connectivity index (χ3v) is 2.32. The number of nitrogens with two attached hydrogens (primary N) is 1. The van der Waals surface area contributed by atoms with Crippen molar-refractivity contribution in [1.29, 1.82) is 0 Å². The predicted molar refractivity (Wildman–Crippen MR) is 80.7 cm³/mol. The van der Waals surface area contributed by atoms with Crippen molar-refractivity contribution < 1.29 is 9.53 Å². The molecule has 1 amide bonds. The van der Waals surface area contributed by atoms with Crippen molar-refractivity contribution in [2.45, 2.75) is 32.9 Å². The van der Waals surface area contributed by atoms with Gasteiger partial charge in [0.1, 0.15) is 0 Å². The van der Waals surface area contributed by atoms with Gasteiger partial charge >= 0.3 is 6.09 Å². The molecule has 0 radical (unpaired) electrons. The molecule has 0 aliphatic carbocycles. The molecule has 0 saturated heterocycles. The molecule has 0 fully saturated rings. The van der Waals surface area contributed by atoms with Crippen molar-refractivity contribution in [1.82, 2.24) is 5.32 Å². The summed E-state index contributed by atoms with van der Waals surface area (Å²) in [6.07, 6.45) is -0.491. The van der Waals surface area contributed by atoms with Gasteiger partial charge < -0.3 is 15.8 Å². The first-order valence-corrected chi connectivity index (χ1v) is 6.32. The minimum atomic E-state index is -0.491. The molecule has 0 bridgehead atoms. The summed E-state index contributed by atoms with van der Waals surface area (Å²) in [5, 5.41) is 5.67. The summed E-state index contributed by atoms with van der Waals surface area (Å²) >= 11 is 0. The Kier molecular flexibility index (Phi) is 5.37. The molecule has 1 aromatic rings. The molecule has 110 valence electrons. The van der Waals surface area contributed by atoms with Gasteiger partial charge in [0.2, 0.25) is 0 Å². The van der Waals surface area contributed by atoms with E-state index in [1.807, 2.05) is 32.9 Å². The van der Waals surface area contributed by atoms with Gasteiger partial charge in [0.15, 0.2) is 5.96 Å². The summed E-state index contributed by atoms with van der Waals surface area (Å²) in [6, 6.07) is 7.32. The lowest BCUT2D eigenvalue weighted by molar-refractivity contribution is 0.187. The number of nitrogens with one attached hydrogen (secondary N) is 2. The van der Waals surface area contributed by atoms with Gasteiger partial charge in [-0.05, 0) is 38.5 Å². The van der Waals surface area contributed by atoms with E-state index in [0.29, 0.717) is 18.2 Å². The quantitative estimate of drug-likeness (QED) is 0.583. The highest BCUT2D eigenvalue weighted by Gasteiger charge is 2.09. The van der Waals surface area contributed by atoms with Crippen molar-refractivity contribution in [2.75, 3.05) is 12.4 Å². The first-order valence-electron chi connectivity index (χ1n) is 6.32. The van der Waals surface area contributed by atoms with Gasteiger partial charge in [-0.25, -0.2) is 9.79 Å². The van der Waals surface area contributed by atoms with Crippen LogP contribution >= 0.6 is 0 Å². The number of rotatable bonds is 3. The van der Waals surface area contributed by atoms with Crippen LogP contribution in [0.3, 0.4) is 0 Å². The number of aliphatic imine (C=N–C) groups is 1. The number of guanidine groups is 1. The van der Waals surface area contributed by atoms with E-state index in [0.717, 1.165) is 5.56 Å². The monoisotopic (exact) mass is 278 g/mol. The van der Waals surface area contributed by atoms with E-state index in [9.17, 15) is 4.79 Å². The molecule has 20 heavy (non-hydrogen) atoms. The number of carbonyl (C=O) groups excluding carboxylic acids is 1. The van der Waals surface area contributed by atoms with Crippen LogP contribution in [0.1, 0.15) is 26.3 Å². The molecule has 6 nitrogen and oxygen atoms in total. The molecule has 1 rings (SSSR count). The Bertz CT molecular complexity index is 475. The molecular formula is C14H22N4O2. The molecule has 4 N–H and O–H groups in total. The van der Waals surface area contributed by atoms with E-state index in [1.165, 1.54) is 7.11 Å². The second-order valence-corrected chi connectivity index (χ2v) is 5.39. The number of amides is 1. The van der Waals surface area contributed by atoms with Gasteiger partial charge in [0, 0.05) is 11.2 Å². The van der Waals surface area contributed by atoms with E-state index in [4.69, 9.17) is 5.73 Å². The van der Waals surface area contributed by atoms with Gasteiger partial charge in [0.05, 0.1) is 13.7 Å². The molecule has 0 aliphatic rings. The summed E-state index contributed by atoms with van der Waals surface area (Å²) in [7, 11) is 1.32. The minimum Gasteiger partial charge on any atom is -0.453 e. The zero-order valence-electron chi connectivity index (χ0n) is 12.4. The van der Waals surface area contributed by atoms with Crippen molar-refractivity contribution >= 4 is 17.7 Å². The standard InChI is InChI=1S/C14H22N4O2/c1-14(2,3)18-12(15)16-9-10-5-7-11(8-6-10)17-13(19)20-4/h5-8H,9H2,1-4H3,(H,17,19)(H3,15,16,18). The maximum Gasteiger partial charge on any atom is 0.411 e. The van der Waals surface area contributed by atoms with E-state index in [-0.39, 0.29) is 5.54 Å². The summed E-state index contributed by atoms with van der Waals surface area (Å²) in [5.41, 5.74) is 7.35. The third kappa shape index (κ3) is 6.08. The highest BCUT2D eigenvalue weighted by atomic mass is 16.5. The van der Waals surface area contributed by atoms with Crippen molar-refractivity contribution in [3.8, 4) is 0 Å². The Balaban J connectivity index is 2.57. The number of ether oxygens (including phenoxy) is 1. The first kappa shape index (κ1) is 15.8. The summed E-state index contributed by atoms with van der Waals surface area (Å²) in [5.74, 6) is 0.411. The van der Waals surface area contributed by atoms with Crippen LogP contribution in [0.25, 0.3) is 0 Å². The number of benzene rings is 1. The van der Waals surface area contributed by atoms with Crippen LogP contribution in [0.15, 0.2) is 29.3 Å². The van der Waals surface area contributed by atoms with E-state index in [2.05, 4.69) is 20.4 Å². The molecule has 0 aliphatic heterocycles. The third-order valence-electron chi connectivity index (χ3n) is 2.32. The Labute approximate surface area is 119 Å². The number of hydrogen-bond donors (Lipinski definition) is 3. The lowest BCUT2D eigenvalue weighted by Gasteiger charge is -2.20. The Hall–Kier alpha value is -2.24. The van der Waals surface area contributed by atoms with Gasteiger partial charge in [0.25, 0.3) is 0 Å². The van der Waals surface area contributed by atoms with Crippen molar-refractivity contribution in [2.24, 2.45) is 10.7 Å². The lowest BCUT2D eigenvalue weighted by atomic mass is 10.1. The largest absolute Gasteiger partial charge is 0.453 e. The molecular weight excluding hydrogens is 256 g/mol. The number of methoxy groups -OCH3 is 1. The smallest absolute Gasteiger partial charge is 0.411 e. The Morgan fingerprint density at radius 3 is 2.40 bits per heavy atom. The van der Waals surface area contributed by atoms with Gasteiger partial charge in [-0.15, -0.1) is 0 Å². The van der Waals surface area contributed by atoms with Crippen LogP contribution in [0.5, 0.6) is 0 Å². The van der Waals surface area contributed by atoms with Crippen LogP contribution in [0, 0.1) is 0 Å². The summed E-state index contributed by atoms with van der Waals surface area (Å²) in [4.78, 5) is 15.3. The fourth-order valence-electron chi connectivity index (χ4n) is 1.46. The normalized spacial score (nSPS) is 11.9. The Morgan fingerprint density at radius 1 is 1.30 bits per heavy atom. The molecule has 0 heterocycles. The molecule has 0 aromatic heterocycles. The second kappa shape index (κ2) is 6.79. The first-order chi connectivity index (χ1) is 9.30. The molecule has 6 heteroatoms. The molecule has 0 spiro atoms. The topological polar surface area (TPSA) is 88.7 Å². The van der Waals surface area contributed by atoms with Crippen LogP contribution in [0.2, 0.25) is 0 Å². The zero-order chi connectivity index (χ0) is 15.2. The summed E-state index contributed by atoms with van der Waals surface area (Å²) < 4.78 is 4.51. The van der Waals surface area contributed by atoms with Crippen LogP contribution < -0.4 is 16.4 Å². The maximum atomic E-state index is 11.0. The van der Waals surface area contributed by atoms with Crippen LogP contribution in [-0.2, 0) is 11.3 Å². The molecule has 1 aromatic carbocycles. The fraction of sp³-hybridized carbons (Fsp3) is 0.429. The number of anilines is 1. The minimum absolute atomic E-state index is 0.109. The van der Waals surface area contributed by atoms with E-state index >= 15 is 0 Å². The molecule has 0 unspecified atom stereocenters. The van der Waals surface area contributed by atoms with Crippen LogP contribution in [-0.4, -0.2) is 24.7 Å². The number of nitrogens with zero attached hydrogens (tertiary/aromatic N) is 1. The zero-order valence-corrected chi connectivity index (χ0v) is 12.4. The lowest BCUT2D eigenvalue weighted by Crippen LogP contribution is -2.44. The number of hydrogen-bond acceptors (Lipinski definition) is 3. The maximum absolute atomic E-state index is 11.0. The van der Waals surface area contributed by atoms with E-state index in [1.54, 1.807) is 12.1 Å². The van der Waals surface area contributed by atoms with Crippen LogP contribution in [0.4, 0.5) is 10.5 Å². The highest BCUT2D eigenvalue weighted by molar-refractivity contribution is 5.84. The average molecular weight is 278 g/mol. The Morgan fingerprint density at radius 2 is 1.90 bits per heavy atom. The molecule has 0 saturated carbocycles.